The summed E-state index contributed by atoms with van der Waals surface area (Å²) in [4.78, 5) is 0. The Balaban J connectivity index is 3.43. The maximum Gasteiger partial charge on any atom is 0.0897 e. The van der Waals surface area contributed by atoms with E-state index in [0.29, 0.717) is 19.1 Å². The van der Waals surface area contributed by atoms with Gasteiger partial charge in [0.2, 0.25) is 0 Å². The van der Waals surface area contributed by atoms with Gasteiger partial charge in [-0.05, 0) is 5.92 Å². The molecule has 0 aromatic rings. The molecule has 4 N–H and O–H groups in total. The normalized spacial score (nSPS) is 13.8. The summed E-state index contributed by atoms with van der Waals surface area (Å²) >= 11 is 0. The number of nitrogens with one attached hydrogen (secondary N) is 1. The molecule has 0 rings (SSSR count). The highest BCUT2D eigenvalue weighted by Crippen LogP contribution is 1.94. The van der Waals surface area contributed by atoms with Crippen molar-refractivity contribution >= 4 is 0 Å². The van der Waals surface area contributed by atoms with Crippen LogP contribution < -0.4 is 5.32 Å². The van der Waals surface area contributed by atoms with E-state index >= 15 is 0 Å². The molecule has 0 radical (unpaired) electrons. The number of hydrogen-bond donors (Lipinski definition) is 4. The molecule has 0 aliphatic heterocycles. The van der Waals surface area contributed by atoms with Crippen LogP contribution in [0.2, 0.25) is 0 Å². The maximum atomic E-state index is 9.45. The number of aliphatic hydroxyl groups is 3. The third kappa shape index (κ3) is 8.77. The van der Waals surface area contributed by atoms with Gasteiger partial charge in [0.25, 0.3) is 0 Å². The van der Waals surface area contributed by atoms with Crippen LogP contribution in [0, 0.1) is 5.92 Å². The van der Waals surface area contributed by atoms with Gasteiger partial charge in [0.15, 0.2) is 0 Å². The third-order valence-electron chi connectivity index (χ3n) is 1.84. The van der Waals surface area contributed by atoms with Crippen LogP contribution in [-0.4, -0.2) is 60.4 Å². The second-order valence-electron chi connectivity index (χ2n) is 4.06. The molecule has 0 heterocycles. The Morgan fingerprint density at radius 3 is 2.20 bits per heavy atom. The zero-order valence-electron chi connectivity index (χ0n) is 9.52. The fourth-order valence-corrected chi connectivity index (χ4v) is 0.988. The Bertz CT molecular complexity index is 139. The van der Waals surface area contributed by atoms with E-state index in [1.807, 2.05) is 13.8 Å². The average molecular weight is 221 g/mol. The average Bonchev–Trinajstić information content (AvgIpc) is 2.18. The van der Waals surface area contributed by atoms with E-state index in [4.69, 9.17) is 14.9 Å². The summed E-state index contributed by atoms with van der Waals surface area (Å²) < 4.78 is 5.24. The number of rotatable bonds is 9. The first-order valence-electron chi connectivity index (χ1n) is 5.31. The molecule has 1 unspecified atom stereocenters. The predicted octanol–water partition coefficient (Wildman–Crippen LogP) is -1.04. The highest BCUT2D eigenvalue weighted by atomic mass is 16.5. The Morgan fingerprint density at radius 2 is 1.73 bits per heavy atom. The molecule has 5 nitrogen and oxygen atoms in total. The molecular weight excluding hydrogens is 198 g/mol. The second kappa shape index (κ2) is 9.06. The van der Waals surface area contributed by atoms with Crippen molar-refractivity contribution in [3.05, 3.63) is 0 Å². The minimum atomic E-state index is -0.607. The number of ether oxygens (including phenoxy) is 1. The van der Waals surface area contributed by atoms with Gasteiger partial charge in [0, 0.05) is 13.2 Å². The zero-order valence-corrected chi connectivity index (χ0v) is 9.52. The van der Waals surface area contributed by atoms with Gasteiger partial charge >= 0.3 is 0 Å². The third-order valence-corrected chi connectivity index (χ3v) is 1.84. The van der Waals surface area contributed by atoms with E-state index < -0.39 is 6.10 Å². The van der Waals surface area contributed by atoms with Crippen LogP contribution in [0.4, 0.5) is 0 Å². The lowest BCUT2D eigenvalue weighted by Crippen LogP contribution is -2.41. The maximum absolute atomic E-state index is 9.45. The molecule has 0 spiro atoms. The summed E-state index contributed by atoms with van der Waals surface area (Å²) in [5.74, 6) is 0.452. The van der Waals surface area contributed by atoms with Gasteiger partial charge in [-0.2, -0.15) is 0 Å². The van der Waals surface area contributed by atoms with E-state index in [0.717, 1.165) is 0 Å². The fourth-order valence-electron chi connectivity index (χ4n) is 0.988. The molecule has 0 bridgehead atoms. The van der Waals surface area contributed by atoms with Crippen molar-refractivity contribution in [2.24, 2.45) is 5.92 Å². The van der Waals surface area contributed by atoms with Crippen LogP contribution >= 0.6 is 0 Å². The summed E-state index contributed by atoms with van der Waals surface area (Å²) in [7, 11) is 0. The molecular formula is C10H23NO4. The largest absolute Gasteiger partial charge is 0.395 e. The minimum Gasteiger partial charge on any atom is -0.395 e. The van der Waals surface area contributed by atoms with Crippen LogP contribution in [-0.2, 0) is 4.74 Å². The second-order valence-corrected chi connectivity index (χ2v) is 4.06. The highest BCUT2D eigenvalue weighted by molar-refractivity contribution is 4.67. The molecule has 5 heteroatoms. The summed E-state index contributed by atoms with van der Waals surface area (Å²) in [5.41, 5.74) is 0. The van der Waals surface area contributed by atoms with Crippen LogP contribution in [0.25, 0.3) is 0 Å². The molecule has 0 fully saturated rings. The molecule has 0 aromatic heterocycles. The van der Waals surface area contributed by atoms with Crippen molar-refractivity contribution in [3.63, 3.8) is 0 Å². The molecule has 15 heavy (non-hydrogen) atoms. The summed E-state index contributed by atoms with van der Waals surface area (Å²) in [6, 6.07) is -0.371. The Hall–Kier alpha value is -0.200. The lowest BCUT2D eigenvalue weighted by molar-refractivity contribution is 0.0226. The first kappa shape index (κ1) is 14.8. The van der Waals surface area contributed by atoms with Crippen molar-refractivity contribution in [1.82, 2.24) is 5.32 Å². The van der Waals surface area contributed by atoms with Gasteiger partial charge in [0.05, 0.1) is 32.0 Å². The molecule has 92 valence electrons. The fraction of sp³-hybridized carbons (Fsp3) is 1.00. The van der Waals surface area contributed by atoms with Gasteiger partial charge in [-0.25, -0.2) is 0 Å². The van der Waals surface area contributed by atoms with Crippen LogP contribution in [0.3, 0.4) is 0 Å². The SMILES string of the molecule is CC(C)COCC(O)CNC(CO)CO. The van der Waals surface area contributed by atoms with Gasteiger partial charge in [-0.3, -0.25) is 0 Å². The monoisotopic (exact) mass is 221 g/mol. The Labute approximate surface area is 91.1 Å². The van der Waals surface area contributed by atoms with E-state index in [-0.39, 0.29) is 25.9 Å². The Kier molecular flexibility index (Phi) is 8.94. The van der Waals surface area contributed by atoms with E-state index in [1.54, 1.807) is 0 Å². The van der Waals surface area contributed by atoms with Crippen molar-refractivity contribution in [2.45, 2.75) is 26.0 Å². The lowest BCUT2D eigenvalue weighted by Gasteiger charge is -2.17. The molecule has 0 amide bonds. The highest BCUT2D eigenvalue weighted by Gasteiger charge is 2.09. The van der Waals surface area contributed by atoms with Gasteiger partial charge < -0.3 is 25.4 Å². The van der Waals surface area contributed by atoms with Gasteiger partial charge in [0.1, 0.15) is 0 Å². The Morgan fingerprint density at radius 1 is 1.13 bits per heavy atom. The molecule has 0 saturated carbocycles. The zero-order chi connectivity index (χ0) is 11.7. The van der Waals surface area contributed by atoms with Crippen LogP contribution in [0.1, 0.15) is 13.8 Å². The van der Waals surface area contributed by atoms with Crippen LogP contribution in [0.5, 0.6) is 0 Å². The standard InChI is InChI=1S/C10H23NO4/c1-8(2)6-15-7-10(14)3-11-9(4-12)5-13/h8-14H,3-7H2,1-2H3. The van der Waals surface area contributed by atoms with Gasteiger partial charge in [-0.1, -0.05) is 13.8 Å². The van der Waals surface area contributed by atoms with Crippen molar-refractivity contribution in [1.29, 1.82) is 0 Å². The first-order valence-corrected chi connectivity index (χ1v) is 5.31. The lowest BCUT2D eigenvalue weighted by atomic mass is 10.2. The van der Waals surface area contributed by atoms with E-state index in [9.17, 15) is 5.11 Å². The summed E-state index contributed by atoms with van der Waals surface area (Å²) in [6.45, 7) is 5.00. The number of aliphatic hydroxyl groups excluding tert-OH is 3. The van der Waals surface area contributed by atoms with E-state index in [1.165, 1.54) is 0 Å². The summed E-state index contributed by atoms with van der Waals surface area (Å²) in [5, 5.41) is 29.8. The van der Waals surface area contributed by atoms with Crippen molar-refractivity contribution in [3.8, 4) is 0 Å². The van der Waals surface area contributed by atoms with Crippen molar-refractivity contribution < 1.29 is 20.1 Å². The van der Waals surface area contributed by atoms with Crippen molar-refractivity contribution in [2.75, 3.05) is 33.0 Å². The van der Waals surface area contributed by atoms with Crippen LogP contribution in [0.15, 0.2) is 0 Å². The van der Waals surface area contributed by atoms with E-state index in [2.05, 4.69) is 5.32 Å². The molecule has 1 atom stereocenters. The van der Waals surface area contributed by atoms with Gasteiger partial charge in [-0.15, -0.1) is 0 Å². The number of hydrogen-bond acceptors (Lipinski definition) is 5. The first-order chi connectivity index (χ1) is 7.10. The molecule has 0 aliphatic rings. The molecule has 0 saturated heterocycles. The minimum absolute atomic E-state index is 0.143. The summed E-state index contributed by atoms with van der Waals surface area (Å²) in [6.07, 6.45) is -0.607. The molecule has 0 aromatic carbocycles. The quantitative estimate of drug-likeness (QED) is 0.400. The smallest absolute Gasteiger partial charge is 0.0897 e. The topological polar surface area (TPSA) is 82.0 Å². The predicted molar refractivity (Wildman–Crippen MR) is 57.6 cm³/mol. The molecule has 0 aliphatic carbocycles.